The van der Waals surface area contributed by atoms with Crippen LogP contribution in [-0.4, -0.2) is 17.6 Å². The van der Waals surface area contributed by atoms with Gasteiger partial charge in [0.2, 0.25) is 0 Å². The maximum absolute atomic E-state index is 11.5. The molecule has 2 aromatic rings. The van der Waals surface area contributed by atoms with E-state index in [1.807, 2.05) is 55.5 Å². The van der Waals surface area contributed by atoms with E-state index in [2.05, 4.69) is 10.3 Å². The van der Waals surface area contributed by atoms with Gasteiger partial charge in [-0.1, -0.05) is 42.5 Å². The fraction of sp³-hybridized carbons (Fsp3) is 0.222. The fourth-order valence-electron chi connectivity index (χ4n) is 1.91. The second-order valence-corrected chi connectivity index (χ2v) is 5.12. The topological polar surface area (TPSA) is 77.2 Å². The van der Waals surface area contributed by atoms with Crippen LogP contribution in [0, 0.1) is 6.92 Å². The van der Waals surface area contributed by atoms with Crippen LogP contribution < -0.4 is 11.1 Å². The molecule has 1 heterocycles. The molecular formula is C18H21N3O2. The van der Waals surface area contributed by atoms with Crippen LogP contribution in [0.1, 0.15) is 23.2 Å². The third-order valence-corrected chi connectivity index (χ3v) is 3.25. The Kier molecular flexibility index (Phi) is 6.17. The number of nitrogens with zero attached hydrogens (tertiary/aromatic N) is 1. The SMILES string of the molecule is Cc1ncc(C=CCCNC(=O)OCc2ccccc2)cc1N. The molecule has 0 saturated carbocycles. The highest BCUT2D eigenvalue weighted by atomic mass is 16.5. The van der Waals surface area contributed by atoms with Crippen LogP contribution in [-0.2, 0) is 11.3 Å². The van der Waals surface area contributed by atoms with Gasteiger partial charge in [0.05, 0.1) is 11.4 Å². The number of amides is 1. The largest absolute Gasteiger partial charge is 0.445 e. The van der Waals surface area contributed by atoms with Gasteiger partial charge in [0.15, 0.2) is 0 Å². The normalized spacial score (nSPS) is 10.7. The number of hydrogen-bond donors (Lipinski definition) is 2. The van der Waals surface area contributed by atoms with Gasteiger partial charge < -0.3 is 15.8 Å². The quantitative estimate of drug-likeness (QED) is 0.802. The number of aryl methyl sites for hydroxylation is 1. The van der Waals surface area contributed by atoms with Gasteiger partial charge in [-0.3, -0.25) is 4.98 Å². The Labute approximate surface area is 136 Å². The molecule has 1 aromatic heterocycles. The zero-order valence-corrected chi connectivity index (χ0v) is 13.2. The smallest absolute Gasteiger partial charge is 0.407 e. The van der Waals surface area contributed by atoms with Crippen LogP contribution in [0.5, 0.6) is 0 Å². The average molecular weight is 311 g/mol. The number of nitrogens with one attached hydrogen (secondary N) is 1. The molecule has 0 bridgehead atoms. The van der Waals surface area contributed by atoms with E-state index in [4.69, 9.17) is 10.5 Å². The summed E-state index contributed by atoms with van der Waals surface area (Å²) < 4.78 is 5.12. The number of benzene rings is 1. The summed E-state index contributed by atoms with van der Waals surface area (Å²) in [6, 6.07) is 11.4. The van der Waals surface area contributed by atoms with E-state index in [0.29, 0.717) is 18.7 Å². The van der Waals surface area contributed by atoms with Crippen molar-refractivity contribution < 1.29 is 9.53 Å². The summed E-state index contributed by atoms with van der Waals surface area (Å²) in [7, 11) is 0. The molecule has 2 rings (SSSR count). The molecule has 23 heavy (non-hydrogen) atoms. The van der Waals surface area contributed by atoms with Crippen molar-refractivity contribution in [2.75, 3.05) is 12.3 Å². The molecule has 0 unspecified atom stereocenters. The van der Waals surface area contributed by atoms with Crippen molar-refractivity contribution in [2.45, 2.75) is 20.0 Å². The van der Waals surface area contributed by atoms with Crippen LogP contribution in [0.3, 0.4) is 0 Å². The van der Waals surface area contributed by atoms with Crippen molar-refractivity contribution in [2.24, 2.45) is 0 Å². The molecule has 0 aliphatic rings. The number of alkyl carbamates (subject to hydrolysis) is 1. The molecule has 1 amide bonds. The number of ether oxygens (including phenoxy) is 1. The van der Waals surface area contributed by atoms with Crippen molar-refractivity contribution in [3.8, 4) is 0 Å². The summed E-state index contributed by atoms with van der Waals surface area (Å²) in [4.78, 5) is 15.7. The van der Waals surface area contributed by atoms with E-state index < -0.39 is 6.09 Å². The molecule has 0 saturated heterocycles. The highest BCUT2D eigenvalue weighted by Crippen LogP contribution is 2.11. The van der Waals surface area contributed by atoms with E-state index in [1.165, 1.54) is 0 Å². The Bertz CT molecular complexity index is 669. The fourth-order valence-corrected chi connectivity index (χ4v) is 1.91. The summed E-state index contributed by atoms with van der Waals surface area (Å²) in [6.07, 6.45) is 5.95. The van der Waals surface area contributed by atoms with Crippen molar-refractivity contribution in [1.82, 2.24) is 10.3 Å². The zero-order chi connectivity index (χ0) is 16.5. The van der Waals surface area contributed by atoms with Gasteiger partial charge in [0.25, 0.3) is 0 Å². The lowest BCUT2D eigenvalue weighted by Gasteiger charge is -2.06. The molecule has 0 aliphatic heterocycles. The summed E-state index contributed by atoms with van der Waals surface area (Å²) in [6.45, 7) is 2.66. The number of hydrogen-bond acceptors (Lipinski definition) is 4. The number of aromatic nitrogens is 1. The lowest BCUT2D eigenvalue weighted by Crippen LogP contribution is -2.24. The second kappa shape index (κ2) is 8.58. The van der Waals surface area contributed by atoms with E-state index in [1.54, 1.807) is 6.20 Å². The monoisotopic (exact) mass is 311 g/mol. The first-order valence-electron chi connectivity index (χ1n) is 7.48. The lowest BCUT2D eigenvalue weighted by molar-refractivity contribution is 0.140. The van der Waals surface area contributed by atoms with Crippen molar-refractivity contribution in [1.29, 1.82) is 0 Å². The molecule has 5 heteroatoms. The third-order valence-electron chi connectivity index (χ3n) is 3.25. The highest BCUT2D eigenvalue weighted by molar-refractivity contribution is 5.67. The molecule has 1 aromatic carbocycles. The number of nitrogens with two attached hydrogens (primary N) is 1. The minimum absolute atomic E-state index is 0.275. The highest BCUT2D eigenvalue weighted by Gasteiger charge is 2.00. The first-order valence-corrected chi connectivity index (χ1v) is 7.48. The van der Waals surface area contributed by atoms with Crippen molar-refractivity contribution in [3.63, 3.8) is 0 Å². The molecule has 0 atom stereocenters. The summed E-state index contributed by atoms with van der Waals surface area (Å²) in [5.74, 6) is 0. The lowest BCUT2D eigenvalue weighted by atomic mass is 10.2. The number of carbonyl (C=O) groups excluding carboxylic acids is 1. The van der Waals surface area contributed by atoms with Gasteiger partial charge in [-0.15, -0.1) is 0 Å². The Morgan fingerprint density at radius 1 is 1.35 bits per heavy atom. The molecule has 120 valence electrons. The number of pyridine rings is 1. The molecule has 5 nitrogen and oxygen atoms in total. The van der Waals surface area contributed by atoms with E-state index in [0.717, 1.165) is 16.8 Å². The Hall–Kier alpha value is -2.82. The molecule has 3 N–H and O–H groups in total. The van der Waals surface area contributed by atoms with Gasteiger partial charge >= 0.3 is 6.09 Å². The number of rotatable bonds is 6. The number of nitrogen functional groups attached to an aromatic ring is 1. The van der Waals surface area contributed by atoms with Gasteiger partial charge in [-0.2, -0.15) is 0 Å². The first-order chi connectivity index (χ1) is 11.1. The maximum Gasteiger partial charge on any atom is 0.407 e. The third kappa shape index (κ3) is 5.82. The van der Waals surface area contributed by atoms with E-state index in [-0.39, 0.29) is 6.61 Å². The molecule has 0 radical (unpaired) electrons. The van der Waals surface area contributed by atoms with Gasteiger partial charge in [0, 0.05) is 12.7 Å². The predicted octanol–water partition coefficient (Wildman–Crippen LogP) is 3.30. The van der Waals surface area contributed by atoms with Gasteiger partial charge in [0.1, 0.15) is 6.61 Å². The molecule has 0 spiro atoms. The van der Waals surface area contributed by atoms with Crippen LogP contribution in [0.2, 0.25) is 0 Å². The standard InChI is InChI=1S/C18H21N3O2/c1-14-17(19)11-16(12-21-14)9-5-6-10-20-18(22)23-13-15-7-3-2-4-8-15/h2-5,7-9,11-12H,6,10,13,19H2,1H3,(H,20,22). The van der Waals surface area contributed by atoms with Gasteiger partial charge in [-0.25, -0.2) is 4.79 Å². The molecular weight excluding hydrogens is 290 g/mol. The van der Waals surface area contributed by atoms with Crippen LogP contribution >= 0.6 is 0 Å². The first kappa shape index (κ1) is 16.5. The summed E-state index contributed by atoms with van der Waals surface area (Å²) >= 11 is 0. The number of carbonyl (C=O) groups is 1. The van der Waals surface area contributed by atoms with Gasteiger partial charge in [-0.05, 0) is 30.5 Å². The average Bonchev–Trinajstić information content (AvgIpc) is 2.57. The van der Waals surface area contributed by atoms with E-state index >= 15 is 0 Å². The number of anilines is 1. The second-order valence-electron chi connectivity index (χ2n) is 5.12. The molecule has 0 fully saturated rings. The van der Waals surface area contributed by atoms with E-state index in [9.17, 15) is 4.79 Å². The Balaban J connectivity index is 1.65. The Morgan fingerprint density at radius 2 is 2.13 bits per heavy atom. The summed E-state index contributed by atoms with van der Waals surface area (Å²) in [5, 5.41) is 2.71. The summed E-state index contributed by atoms with van der Waals surface area (Å²) in [5.41, 5.74) is 9.21. The van der Waals surface area contributed by atoms with Crippen LogP contribution in [0.15, 0.2) is 48.7 Å². The maximum atomic E-state index is 11.5. The van der Waals surface area contributed by atoms with Crippen molar-refractivity contribution >= 4 is 17.9 Å². The predicted molar refractivity (Wildman–Crippen MR) is 91.7 cm³/mol. The van der Waals surface area contributed by atoms with Crippen molar-refractivity contribution in [3.05, 3.63) is 65.5 Å². The Morgan fingerprint density at radius 3 is 2.87 bits per heavy atom. The van der Waals surface area contributed by atoms with Crippen LogP contribution in [0.25, 0.3) is 6.08 Å². The zero-order valence-electron chi connectivity index (χ0n) is 13.2. The minimum Gasteiger partial charge on any atom is -0.445 e. The van der Waals surface area contributed by atoms with Crippen LogP contribution in [0.4, 0.5) is 10.5 Å². The minimum atomic E-state index is -0.413. The molecule has 0 aliphatic carbocycles.